The predicted octanol–water partition coefficient (Wildman–Crippen LogP) is 1.27. The molecule has 0 radical (unpaired) electrons. The molecule has 0 aromatic carbocycles. The summed E-state index contributed by atoms with van der Waals surface area (Å²) in [7, 11) is 0. The van der Waals surface area contributed by atoms with E-state index in [0.29, 0.717) is 6.42 Å². The van der Waals surface area contributed by atoms with E-state index < -0.39 is 0 Å². The zero-order chi connectivity index (χ0) is 9.68. The number of nitriles is 1. The molecule has 1 aromatic rings. The standard InChI is InChI=1S/C10H16N3/c1-3-10-12(4-2)8-9-13(10)7-5-6-11/h8-9H,3-5,7H2,1-2H3/q+1. The molecule has 3 nitrogen and oxygen atoms in total. The van der Waals surface area contributed by atoms with E-state index in [4.69, 9.17) is 5.26 Å². The first kappa shape index (κ1) is 9.79. The van der Waals surface area contributed by atoms with Gasteiger partial charge in [-0.3, -0.25) is 0 Å². The van der Waals surface area contributed by atoms with Gasteiger partial charge in [0.25, 0.3) is 5.82 Å². The van der Waals surface area contributed by atoms with Gasteiger partial charge in [0.15, 0.2) is 0 Å². The second-order valence-electron chi connectivity index (χ2n) is 2.96. The first-order valence-electron chi connectivity index (χ1n) is 4.77. The van der Waals surface area contributed by atoms with Gasteiger partial charge in [-0.25, -0.2) is 9.13 Å². The van der Waals surface area contributed by atoms with Crippen LogP contribution in [-0.2, 0) is 19.5 Å². The van der Waals surface area contributed by atoms with Crippen LogP contribution in [-0.4, -0.2) is 4.57 Å². The molecule has 0 N–H and O–H groups in total. The number of hydrogen-bond donors (Lipinski definition) is 0. The monoisotopic (exact) mass is 178 g/mol. The first-order chi connectivity index (χ1) is 6.33. The minimum Gasteiger partial charge on any atom is -0.235 e. The number of hydrogen-bond acceptors (Lipinski definition) is 1. The van der Waals surface area contributed by atoms with Gasteiger partial charge >= 0.3 is 0 Å². The van der Waals surface area contributed by atoms with Crippen molar-refractivity contribution in [2.45, 2.75) is 39.8 Å². The average Bonchev–Trinajstić information content (AvgIpc) is 2.56. The third-order valence-corrected chi connectivity index (χ3v) is 2.21. The lowest BCUT2D eigenvalue weighted by atomic mass is 10.4. The summed E-state index contributed by atoms with van der Waals surface area (Å²) in [6, 6.07) is 2.16. The highest BCUT2D eigenvalue weighted by Gasteiger charge is 2.12. The molecule has 0 amide bonds. The van der Waals surface area contributed by atoms with Crippen LogP contribution < -0.4 is 4.57 Å². The maximum atomic E-state index is 8.49. The van der Waals surface area contributed by atoms with Crippen molar-refractivity contribution in [3.63, 3.8) is 0 Å². The zero-order valence-electron chi connectivity index (χ0n) is 8.32. The normalized spacial score (nSPS) is 9.92. The molecule has 0 aliphatic heterocycles. The van der Waals surface area contributed by atoms with Crippen LogP contribution in [0.5, 0.6) is 0 Å². The molecule has 0 spiro atoms. The Morgan fingerprint density at radius 2 is 2.31 bits per heavy atom. The van der Waals surface area contributed by atoms with Crippen LogP contribution in [0.15, 0.2) is 12.4 Å². The first-order valence-corrected chi connectivity index (χ1v) is 4.77. The van der Waals surface area contributed by atoms with Crippen LogP contribution >= 0.6 is 0 Å². The highest BCUT2D eigenvalue weighted by molar-refractivity contribution is 4.82. The average molecular weight is 178 g/mol. The Kier molecular flexibility index (Phi) is 3.51. The number of aryl methyl sites for hydroxylation is 2. The molecule has 3 heteroatoms. The smallest absolute Gasteiger partial charge is 0.235 e. The van der Waals surface area contributed by atoms with Crippen LogP contribution in [0.25, 0.3) is 0 Å². The van der Waals surface area contributed by atoms with Gasteiger partial charge in [-0.2, -0.15) is 5.26 Å². The van der Waals surface area contributed by atoms with Crippen molar-refractivity contribution in [3.8, 4) is 6.07 Å². The molecule has 0 saturated heterocycles. The predicted molar refractivity (Wildman–Crippen MR) is 49.9 cm³/mol. The summed E-state index contributed by atoms with van der Waals surface area (Å²) in [6.07, 6.45) is 5.74. The minimum absolute atomic E-state index is 0.589. The maximum absolute atomic E-state index is 8.49. The molecule has 0 bridgehead atoms. The van der Waals surface area contributed by atoms with Crippen LogP contribution in [0.4, 0.5) is 0 Å². The Morgan fingerprint density at radius 3 is 2.85 bits per heavy atom. The Labute approximate surface area is 79.2 Å². The van der Waals surface area contributed by atoms with Crippen molar-refractivity contribution in [2.24, 2.45) is 0 Å². The van der Waals surface area contributed by atoms with Gasteiger partial charge in [-0.15, -0.1) is 0 Å². The van der Waals surface area contributed by atoms with Crippen LogP contribution in [0.3, 0.4) is 0 Å². The van der Waals surface area contributed by atoms with Crippen molar-refractivity contribution in [3.05, 3.63) is 18.2 Å². The highest BCUT2D eigenvalue weighted by Crippen LogP contribution is 1.96. The van der Waals surface area contributed by atoms with Crippen LogP contribution in [0.1, 0.15) is 26.1 Å². The minimum atomic E-state index is 0.589. The molecule has 70 valence electrons. The van der Waals surface area contributed by atoms with Crippen molar-refractivity contribution in [2.75, 3.05) is 0 Å². The molecule has 0 aliphatic carbocycles. The van der Waals surface area contributed by atoms with E-state index in [1.165, 1.54) is 5.82 Å². The Morgan fingerprint density at radius 1 is 1.54 bits per heavy atom. The molecular formula is C10H16N3+. The topological polar surface area (TPSA) is 32.6 Å². The van der Waals surface area contributed by atoms with Gasteiger partial charge in [-0.1, -0.05) is 6.92 Å². The van der Waals surface area contributed by atoms with E-state index in [9.17, 15) is 0 Å². The van der Waals surface area contributed by atoms with Crippen molar-refractivity contribution >= 4 is 0 Å². The molecule has 1 rings (SSSR count). The fourth-order valence-corrected chi connectivity index (χ4v) is 1.57. The zero-order valence-corrected chi connectivity index (χ0v) is 8.32. The van der Waals surface area contributed by atoms with E-state index in [-0.39, 0.29) is 0 Å². The molecule has 1 aromatic heterocycles. The van der Waals surface area contributed by atoms with Crippen LogP contribution in [0.2, 0.25) is 0 Å². The molecule has 13 heavy (non-hydrogen) atoms. The lowest BCUT2D eigenvalue weighted by molar-refractivity contribution is -0.702. The summed E-state index contributed by atoms with van der Waals surface area (Å²) in [4.78, 5) is 0. The van der Waals surface area contributed by atoms with Gasteiger partial charge in [0, 0.05) is 6.42 Å². The Bertz CT molecular complexity index is 306. The summed E-state index contributed by atoms with van der Waals surface area (Å²) in [5.74, 6) is 1.30. The van der Waals surface area contributed by atoms with Gasteiger partial charge in [0.05, 0.1) is 19.0 Å². The fourth-order valence-electron chi connectivity index (χ4n) is 1.57. The summed E-state index contributed by atoms with van der Waals surface area (Å²) in [5.41, 5.74) is 0. The molecule has 0 saturated carbocycles. The molecular weight excluding hydrogens is 162 g/mol. The molecule has 0 atom stereocenters. The third-order valence-electron chi connectivity index (χ3n) is 2.21. The van der Waals surface area contributed by atoms with Gasteiger partial charge < -0.3 is 0 Å². The number of aromatic nitrogens is 2. The summed E-state index contributed by atoms with van der Waals surface area (Å²) in [5, 5.41) is 8.49. The lowest BCUT2D eigenvalue weighted by Gasteiger charge is -1.98. The van der Waals surface area contributed by atoms with Crippen molar-refractivity contribution < 1.29 is 4.57 Å². The molecule has 0 aliphatic rings. The van der Waals surface area contributed by atoms with Crippen molar-refractivity contribution in [1.29, 1.82) is 5.26 Å². The summed E-state index contributed by atoms with van der Waals surface area (Å²) >= 11 is 0. The quantitative estimate of drug-likeness (QED) is 0.639. The Balaban J connectivity index is 2.82. The van der Waals surface area contributed by atoms with Gasteiger partial charge in [0.2, 0.25) is 0 Å². The lowest BCUT2D eigenvalue weighted by Crippen LogP contribution is -2.36. The van der Waals surface area contributed by atoms with Gasteiger partial charge in [0.1, 0.15) is 18.9 Å². The highest BCUT2D eigenvalue weighted by atomic mass is 15.1. The summed E-state index contributed by atoms with van der Waals surface area (Å²) in [6.45, 7) is 6.09. The van der Waals surface area contributed by atoms with Crippen LogP contribution in [0, 0.1) is 11.3 Å². The number of nitrogens with zero attached hydrogens (tertiary/aromatic N) is 3. The molecule has 0 unspecified atom stereocenters. The fraction of sp³-hybridized carbons (Fsp3) is 0.600. The SMILES string of the molecule is CCc1n(CC)cc[n+]1CCC#N. The second-order valence-corrected chi connectivity index (χ2v) is 2.96. The van der Waals surface area contributed by atoms with Gasteiger partial charge in [-0.05, 0) is 6.92 Å². The Hall–Kier alpha value is -1.30. The number of imidazole rings is 1. The van der Waals surface area contributed by atoms with E-state index in [1.807, 2.05) is 0 Å². The van der Waals surface area contributed by atoms with Crippen molar-refractivity contribution in [1.82, 2.24) is 4.57 Å². The summed E-state index contributed by atoms with van der Waals surface area (Å²) < 4.78 is 4.38. The van der Waals surface area contributed by atoms with E-state index >= 15 is 0 Å². The van der Waals surface area contributed by atoms with E-state index in [0.717, 1.165) is 19.5 Å². The largest absolute Gasteiger partial charge is 0.256 e. The maximum Gasteiger partial charge on any atom is 0.256 e. The second kappa shape index (κ2) is 4.66. The number of rotatable bonds is 4. The molecule has 0 fully saturated rings. The third kappa shape index (κ3) is 2.09. The van der Waals surface area contributed by atoms with E-state index in [2.05, 4.69) is 41.4 Å². The van der Waals surface area contributed by atoms with E-state index in [1.54, 1.807) is 0 Å². The molecule has 1 heterocycles.